The summed E-state index contributed by atoms with van der Waals surface area (Å²) >= 11 is 3.46. The second-order valence-electron chi connectivity index (χ2n) is 5.74. The Hall–Kier alpha value is -0.380. The molecule has 0 saturated carbocycles. The molecular formula is C15H24BrNO. The molecule has 0 amide bonds. The molecule has 0 aliphatic rings. The summed E-state index contributed by atoms with van der Waals surface area (Å²) in [6.07, 6.45) is 1.19. The summed E-state index contributed by atoms with van der Waals surface area (Å²) in [5.41, 5.74) is 1.61. The lowest BCUT2D eigenvalue weighted by Crippen LogP contribution is -2.24. The monoisotopic (exact) mass is 313 g/mol. The molecule has 1 aromatic carbocycles. The molecule has 1 aromatic rings. The minimum atomic E-state index is 0.407. The summed E-state index contributed by atoms with van der Waals surface area (Å²) in [5.74, 6) is 0. The maximum absolute atomic E-state index is 5.62. The fraction of sp³-hybridized carbons (Fsp3) is 0.600. The lowest BCUT2D eigenvalue weighted by Gasteiger charge is -2.18. The molecule has 0 aliphatic heterocycles. The Morgan fingerprint density at radius 2 is 2.00 bits per heavy atom. The van der Waals surface area contributed by atoms with Gasteiger partial charge < -0.3 is 10.1 Å². The number of benzene rings is 1. The van der Waals surface area contributed by atoms with Crippen molar-refractivity contribution < 1.29 is 4.74 Å². The van der Waals surface area contributed by atoms with Gasteiger partial charge in [-0.3, -0.25) is 0 Å². The summed E-state index contributed by atoms with van der Waals surface area (Å²) in [4.78, 5) is 0. The lowest BCUT2D eigenvalue weighted by atomic mass is 9.92. The van der Waals surface area contributed by atoms with E-state index in [1.54, 1.807) is 0 Å². The van der Waals surface area contributed by atoms with Crippen molar-refractivity contribution in [1.82, 2.24) is 5.32 Å². The van der Waals surface area contributed by atoms with Crippen LogP contribution < -0.4 is 5.32 Å². The van der Waals surface area contributed by atoms with Crippen LogP contribution >= 0.6 is 15.9 Å². The zero-order valence-corrected chi connectivity index (χ0v) is 13.2. The van der Waals surface area contributed by atoms with Crippen LogP contribution in [0.3, 0.4) is 0 Å². The lowest BCUT2D eigenvalue weighted by molar-refractivity contribution is 0.122. The SMILES string of the molecule is CC(C)(C)CCNCCOCc1cccc(Br)c1. The van der Waals surface area contributed by atoms with E-state index in [1.807, 2.05) is 12.1 Å². The van der Waals surface area contributed by atoms with Gasteiger partial charge in [0.15, 0.2) is 0 Å². The van der Waals surface area contributed by atoms with Gasteiger partial charge in [-0.25, -0.2) is 0 Å². The van der Waals surface area contributed by atoms with Gasteiger partial charge in [0.05, 0.1) is 13.2 Å². The van der Waals surface area contributed by atoms with E-state index in [1.165, 1.54) is 12.0 Å². The molecule has 3 heteroatoms. The number of halogens is 1. The minimum absolute atomic E-state index is 0.407. The fourth-order valence-electron chi connectivity index (χ4n) is 1.55. The summed E-state index contributed by atoms with van der Waals surface area (Å²) < 4.78 is 6.73. The fourth-order valence-corrected chi connectivity index (χ4v) is 2.00. The molecule has 0 aliphatic carbocycles. The second-order valence-corrected chi connectivity index (χ2v) is 6.66. The molecular weight excluding hydrogens is 290 g/mol. The molecule has 0 fully saturated rings. The highest BCUT2D eigenvalue weighted by atomic mass is 79.9. The Morgan fingerprint density at radius 1 is 1.22 bits per heavy atom. The van der Waals surface area contributed by atoms with E-state index in [0.29, 0.717) is 12.0 Å². The molecule has 0 radical (unpaired) electrons. The average molecular weight is 314 g/mol. The van der Waals surface area contributed by atoms with Crippen LogP contribution in [0.15, 0.2) is 28.7 Å². The third-order valence-electron chi connectivity index (χ3n) is 2.63. The number of ether oxygens (including phenoxy) is 1. The van der Waals surface area contributed by atoms with Gasteiger partial charge in [-0.1, -0.05) is 48.8 Å². The summed E-state index contributed by atoms with van der Waals surface area (Å²) in [6, 6.07) is 8.23. The quantitative estimate of drug-likeness (QED) is 0.768. The van der Waals surface area contributed by atoms with Crippen LogP contribution in [0.4, 0.5) is 0 Å². The molecule has 0 spiro atoms. The predicted molar refractivity (Wildman–Crippen MR) is 80.7 cm³/mol. The number of rotatable bonds is 7. The van der Waals surface area contributed by atoms with E-state index in [0.717, 1.165) is 24.2 Å². The largest absolute Gasteiger partial charge is 0.375 e. The van der Waals surface area contributed by atoms with Crippen LogP contribution in [0, 0.1) is 5.41 Å². The molecule has 0 bridgehead atoms. The summed E-state index contributed by atoms with van der Waals surface area (Å²) in [5, 5.41) is 3.41. The topological polar surface area (TPSA) is 21.3 Å². The van der Waals surface area contributed by atoms with E-state index in [9.17, 15) is 0 Å². The van der Waals surface area contributed by atoms with E-state index in [2.05, 4.69) is 54.2 Å². The molecule has 0 unspecified atom stereocenters. The van der Waals surface area contributed by atoms with Gasteiger partial charge in [-0.2, -0.15) is 0 Å². The third kappa shape index (κ3) is 7.85. The Kier molecular flexibility index (Phi) is 6.90. The molecule has 0 atom stereocenters. The smallest absolute Gasteiger partial charge is 0.0717 e. The first-order chi connectivity index (χ1) is 8.47. The van der Waals surface area contributed by atoms with Gasteiger partial charge in [0.25, 0.3) is 0 Å². The molecule has 2 nitrogen and oxygen atoms in total. The molecule has 0 aromatic heterocycles. The Labute approximate surface area is 119 Å². The Morgan fingerprint density at radius 3 is 2.67 bits per heavy atom. The van der Waals surface area contributed by atoms with Crippen LogP contribution in [-0.4, -0.2) is 19.7 Å². The van der Waals surface area contributed by atoms with Gasteiger partial charge in [0.2, 0.25) is 0 Å². The minimum Gasteiger partial charge on any atom is -0.375 e. The molecule has 0 saturated heterocycles. The van der Waals surface area contributed by atoms with Crippen LogP contribution in [-0.2, 0) is 11.3 Å². The van der Waals surface area contributed by atoms with Crippen molar-refractivity contribution in [2.24, 2.45) is 5.41 Å². The number of hydrogen-bond acceptors (Lipinski definition) is 2. The van der Waals surface area contributed by atoms with Crippen molar-refractivity contribution in [1.29, 1.82) is 0 Å². The van der Waals surface area contributed by atoms with Crippen molar-refractivity contribution in [2.75, 3.05) is 19.7 Å². The van der Waals surface area contributed by atoms with Gasteiger partial charge >= 0.3 is 0 Å². The van der Waals surface area contributed by atoms with Crippen molar-refractivity contribution in [3.63, 3.8) is 0 Å². The predicted octanol–water partition coefficient (Wildman–Crippen LogP) is 3.99. The highest BCUT2D eigenvalue weighted by Crippen LogP contribution is 2.16. The van der Waals surface area contributed by atoms with Crippen molar-refractivity contribution in [3.05, 3.63) is 34.3 Å². The van der Waals surface area contributed by atoms with Crippen LogP contribution in [0.5, 0.6) is 0 Å². The van der Waals surface area contributed by atoms with Crippen LogP contribution in [0.2, 0.25) is 0 Å². The number of nitrogens with one attached hydrogen (secondary N) is 1. The molecule has 18 heavy (non-hydrogen) atoms. The maximum Gasteiger partial charge on any atom is 0.0717 e. The highest BCUT2D eigenvalue weighted by Gasteiger charge is 2.08. The van der Waals surface area contributed by atoms with Gasteiger partial charge in [0, 0.05) is 11.0 Å². The van der Waals surface area contributed by atoms with Gasteiger partial charge in [0.1, 0.15) is 0 Å². The zero-order valence-electron chi connectivity index (χ0n) is 11.6. The Balaban J connectivity index is 2.02. The Bertz CT molecular complexity index is 347. The van der Waals surface area contributed by atoms with Crippen LogP contribution in [0.1, 0.15) is 32.8 Å². The molecule has 1 N–H and O–H groups in total. The van der Waals surface area contributed by atoms with E-state index >= 15 is 0 Å². The zero-order chi connectivity index (χ0) is 13.4. The first-order valence-electron chi connectivity index (χ1n) is 6.50. The first-order valence-corrected chi connectivity index (χ1v) is 7.29. The normalized spacial score (nSPS) is 11.8. The molecule has 1 rings (SSSR count). The van der Waals surface area contributed by atoms with Crippen molar-refractivity contribution >= 4 is 15.9 Å². The number of hydrogen-bond donors (Lipinski definition) is 1. The summed E-state index contributed by atoms with van der Waals surface area (Å²) in [7, 11) is 0. The van der Waals surface area contributed by atoms with Gasteiger partial charge in [-0.05, 0) is 36.1 Å². The van der Waals surface area contributed by atoms with E-state index in [-0.39, 0.29) is 0 Å². The van der Waals surface area contributed by atoms with Crippen molar-refractivity contribution in [3.8, 4) is 0 Å². The van der Waals surface area contributed by atoms with E-state index in [4.69, 9.17) is 4.74 Å². The standard InChI is InChI=1S/C15H24BrNO/c1-15(2,3)7-8-17-9-10-18-12-13-5-4-6-14(16)11-13/h4-6,11,17H,7-10,12H2,1-3H3. The van der Waals surface area contributed by atoms with Crippen LogP contribution in [0.25, 0.3) is 0 Å². The van der Waals surface area contributed by atoms with Crippen molar-refractivity contribution in [2.45, 2.75) is 33.8 Å². The second kappa shape index (κ2) is 7.93. The van der Waals surface area contributed by atoms with Gasteiger partial charge in [-0.15, -0.1) is 0 Å². The molecule has 0 heterocycles. The summed E-state index contributed by atoms with van der Waals surface area (Å²) in [6.45, 7) is 10.2. The third-order valence-corrected chi connectivity index (χ3v) is 3.13. The highest BCUT2D eigenvalue weighted by molar-refractivity contribution is 9.10. The first kappa shape index (κ1) is 15.7. The average Bonchev–Trinajstić information content (AvgIpc) is 2.26. The van der Waals surface area contributed by atoms with E-state index < -0.39 is 0 Å². The molecule has 102 valence electrons. The maximum atomic E-state index is 5.62.